The zero-order chi connectivity index (χ0) is 19.0. The van der Waals surface area contributed by atoms with Crippen molar-refractivity contribution in [1.29, 1.82) is 0 Å². The van der Waals surface area contributed by atoms with Crippen LogP contribution in [0.15, 0.2) is 30.3 Å². The molecule has 0 bridgehead atoms. The predicted molar refractivity (Wildman–Crippen MR) is 112 cm³/mol. The number of nitrogens with one attached hydrogen (secondary N) is 2. The maximum Gasteiger partial charge on any atom is 0.245 e. The lowest BCUT2D eigenvalue weighted by molar-refractivity contribution is -0.137. The molecule has 5 nitrogen and oxygen atoms in total. The molecule has 0 heterocycles. The first kappa shape index (κ1) is 23.4. The molecule has 1 aromatic carbocycles. The Kier molecular flexibility index (Phi) is 9.81. The number of unbranched alkanes of at least 4 members (excludes halogenated alkanes) is 1. The van der Waals surface area contributed by atoms with Gasteiger partial charge in [0.15, 0.2) is 0 Å². The fourth-order valence-corrected chi connectivity index (χ4v) is 3.59. The first-order valence-electron chi connectivity index (χ1n) is 9.91. The Morgan fingerprint density at radius 3 is 2.37 bits per heavy atom. The van der Waals surface area contributed by atoms with Gasteiger partial charge in [0.05, 0.1) is 5.92 Å². The Balaban J connectivity index is 0.00000364. The van der Waals surface area contributed by atoms with Crippen molar-refractivity contribution in [3.63, 3.8) is 0 Å². The number of hydrogen-bond acceptors (Lipinski definition) is 3. The van der Waals surface area contributed by atoms with E-state index < -0.39 is 11.5 Å². The van der Waals surface area contributed by atoms with Gasteiger partial charge in [0.25, 0.3) is 0 Å². The second kappa shape index (κ2) is 11.3. The Labute approximate surface area is 169 Å². The number of benzene rings is 1. The summed E-state index contributed by atoms with van der Waals surface area (Å²) < 4.78 is 0. The third kappa shape index (κ3) is 6.22. The number of nitrogens with two attached hydrogens (primary N) is 1. The molecule has 0 aromatic heterocycles. The third-order valence-corrected chi connectivity index (χ3v) is 5.46. The van der Waals surface area contributed by atoms with Gasteiger partial charge in [-0.05, 0) is 24.8 Å². The minimum absolute atomic E-state index is 0. The van der Waals surface area contributed by atoms with Crippen molar-refractivity contribution in [1.82, 2.24) is 10.6 Å². The standard InChI is InChI=1S/C21H33N3O2.ClH/c1-3-4-15-23-20(26)21(13-9-6-10-14-21)24-19(25)16(2)18(22)17-11-7-5-8-12-17;/h5,7-8,11-12,16,18H,3-4,6,9-10,13-15,22H2,1-2H3,(H,23,26)(H,24,25);1H. The van der Waals surface area contributed by atoms with Crippen molar-refractivity contribution in [2.45, 2.75) is 70.4 Å². The molecule has 0 spiro atoms. The van der Waals surface area contributed by atoms with Gasteiger partial charge in [-0.3, -0.25) is 9.59 Å². The summed E-state index contributed by atoms with van der Waals surface area (Å²) in [5.41, 5.74) is 6.45. The van der Waals surface area contributed by atoms with Crippen LogP contribution in [-0.2, 0) is 9.59 Å². The van der Waals surface area contributed by atoms with Crippen molar-refractivity contribution >= 4 is 24.2 Å². The lowest BCUT2D eigenvalue weighted by atomic mass is 9.80. The number of halogens is 1. The van der Waals surface area contributed by atoms with Gasteiger partial charge < -0.3 is 16.4 Å². The molecule has 6 heteroatoms. The van der Waals surface area contributed by atoms with Gasteiger partial charge in [-0.15, -0.1) is 12.4 Å². The number of amides is 2. The average molecular weight is 396 g/mol. The van der Waals surface area contributed by atoms with Gasteiger partial charge in [0, 0.05) is 12.6 Å². The molecule has 27 heavy (non-hydrogen) atoms. The van der Waals surface area contributed by atoms with Crippen LogP contribution in [0.1, 0.15) is 70.4 Å². The molecule has 0 saturated heterocycles. The lowest BCUT2D eigenvalue weighted by Gasteiger charge is -2.38. The molecule has 4 N–H and O–H groups in total. The number of carbonyl (C=O) groups excluding carboxylic acids is 2. The normalized spacial score (nSPS) is 17.9. The Bertz CT molecular complexity index is 588. The molecule has 1 aliphatic carbocycles. The molecular formula is C21H34ClN3O2. The highest BCUT2D eigenvalue weighted by molar-refractivity contribution is 5.92. The largest absolute Gasteiger partial charge is 0.354 e. The molecule has 2 atom stereocenters. The van der Waals surface area contributed by atoms with E-state index in [1.165, 1.54) is 0 Å². The summed E-state index contributed by atoms with van der Waals surface area (Å²) >= 11 is 0. The molecule has 1 aliphatic rings. The van der Waals surface area contributed by atoms with E-state index in [9.17, 15) is 9.59 Å². The SMILES string of the molecule is CCCCNC(=O)C1(NC(=O)C(C)C(N)c2ccccc2)CCCCC1.Cl. The van der Waals surface area contributed by atoms with Crippen LogP contribution in [0.25, 0.3) is 0 Å². The van der Waals surface area contributed by atoms with Gasteiger partial charge in [0.1, 0.15) is 5.54 Å². The molecule has 1 saturated carbocycles. The minimum atomic E-state index is -0.784. The van der Waals surface area contributed by atoms with E-state index in [-0.39, 0.29) is 30.3 Å². The molecular weight excluding hydrogens is 362 g/mol. The second-order valence-electron chi connectivity index (χ2n) is 7.47. The first-order chi connectivity index (χ1) is 12.5. The van der Waals surface area contributed by atoms with E-state index in [2.05, 4.69) is 17.6 Å². The first-order valence-corrected chi connectivity index (χ1v) is 9.91. The van der Waals surface area contributed by atoms with Gasteiger partial charge in [0.2, 0.25) is 11.8 Å². The highest BCUT2D eigenvalue weighted by Gasteiger charge is 2.41. The van der Waals surface area contributed by atoms with Gasteiger partial charge in [-0.25, -0.2) is 0 Å². The fourth-order valence-electron chi connectivity index (χ4n) is 3.59. The van der Waals surface area contributed by atoms with Crippen LogP contribution in [-0.4, -0.2) is 23.9 Å². The van der Waals surface area contributed by atoms with Gasteiger partial charge >= 0.3 is 0 Å². The molecule has 1 fully saturated rings. The van der Waals surface area contributed by atoms with E-state index in [1.807, 2.05) is 37.3 Å². The fraction of sp³-hybridized carbons (Fsp3) is 0.619. The maximum absolute atomic E-state index is 12.9. The number of hydrogen-bond donors (Lipinski definition) is 3. The summed E-state index contributed by atoms with van der Waals surface area (Å²) in [5, 5.41) is 6.09. The van der Waals surface area contributed by atoms with Gasteiger partial charge in [-0.2, -0.15) is 0 Å². The van der Waals surface area contributed by atoms with Crippen LogP contribution in [0.2, 0.25) is 0 Å². The van der Waals surface area contributed by atoms with Gasteiger partial charge in [-0.1, -0.05) is 69.9 Å². The average Bonchev–Trinajstić information content (AvgIpc) is 2.68. The number of carbonyl (C=O) groups is 2. The minimum Gasteiger partial charge on any atom is -0.354 e. The Morgan fingerprint density at radius 2 is 1.78 bits per heavy atom. The zero-order valence-electron chi connectivity index (χ0n) is 16.5. The zero-order valence-corrected chi connectivity index (χ0v) is 17.3. The maximum atomic E-state index is 12.9. The van der Waals surface area contributed by atoms with Crippen molar-refractivity contribution in [3.8, 4) is 0 Å². The third-order valence-electron chi connectivity index (χ3n) is 5.46. The van der Waals surface area contributed by atoms with Crippen LogP contribution < -0.4 is 16.4 Å². The molecule has 0 radical (unpaired) electrons. The Hall–Kier alpha value is -1.59. The highest BCUT2D eigenvalue weighted by Crippen LogP contribution is 2.30. The quantitative estimate of drug-likeness (QED) is 0.589. The van der Waals surface area contributed by atoms with Crippen LogP contribution >= 0.6 is 12.4 Å². The van der Waals surface area contributed by atoms with E-state index in [0.29, 0.717) is 19.4 Å². The summed E-state index contributed by atoms with van der Waals surface area (Å²) in [6.07, 6.45) is 6.40. The second-order valence-corrected chi connectivity index (χ2v) is 7.47. The van der Waals surface area contributed by atoms with E-state index in [0.717, 1.165) is 37.7 Å². The van der Waals surface area contributed by atoms with Crippen molar-refractivity contribution in [3.05, 3.63) is 35.9 Å². The molecule has 1 aromatic rings. The summed E-state index contributed by atoms with van der Waals surface area (Å²) in [4.78, 5) is 25.7. The van der Waals surface area contributed by atoms with Crippen LogP contribution in [0.3, 0.4) is 0 Å². The lowest BCUT2D eigenvalue weighted by Crippen LogP contribution is -2.61. The molecule has 2 rings (SSSR count). The summed E-state index contributed by atoms with van der Waals surface area (Å²) in [6.45, 7) is 4.58. The number of rotatable bonds is 8. The smallest absolute Gasteiger partial charge is 0.245 e. The Morgan fingerprint density at radius 1 is 1.15 bits per heavy atom. The van der Waals surface area contributed by atoms with Crippen LogP contribution in [0.4, 0.5) is 0 Å². The molecule has 2 amide bonds. The van der Waals surface area contributed by atoms with Crippen LogP contribution in [0.5, 0.6) is 0 Å². The van der Waals surface area contributed by atoms with Crippen molar-refractivity contribution in [2.24, 2.45) is 11.7 Å². The molecule has 2 unspecified atom stereocenters. The summed E-state index contributed by atoms with van der Waals surface area (Å²) in [7, 11) is 0. The highest BCUT2D eigenvalue weighted by atomic mass is 35.5. The van der Waals surface area contributed by atoms with E-state index in [1.54, 1.807) is 0 Å². The monoisotopic (exact) mass is 395 g/mol. The topological polar surface area (TPSA) is 84.2 Å². The summed E-state index contributed by atoms with van der Waals surface area (Å²) in [5.74, 6) is -0.590. The van der Waals surface area contributed by atoms with E-state index >= 15 is 0 Å². The van der Waals surface area contributed by atoms with Crippen molar-refractivity contribution in [2.75, 3.05) is 6.54 Å². The molecule has 0 aliphatic heterocycles. The van der Waals surface area contributed by atoms with E-state index in [4.69, 9.17) is 5.73 Å². The van der Waals surface area contributed by atoms with Crippen LogP contribution in [0, 0.1) is 5.92 Å². The predicted octanol–water partition coefficient (Wildman–Crippen LogP) is 3.48. The molecule has 152 valence electrons. The summed E-state index contributed by atoms with van der Waals surface area (Å²) in [6, 6.07) is 9.25. The van der Waals surface area contributed by atoms with Crippen molar-refractivity contribution < 1.29 is 9.59 Å².